The molecule has 67 heavy (non-hydrogen) atoms. The number of aryl methyl sites for hydroxylation is 2. The van der Waals surface area contributed by atoms with Crippen molar-refractivity contribution in [1.29, 1.82) is 0 Å². The number of amides is 3. The van der Waals surface area contributed by atoms with E-state index in [9.17, 15) is 24.1 Å². The molecule has 1 saturated heterocycles. The first-order valence-corrected chi connectivity index (χ1v) is 26.4. The van der Waals surface area contributed by atoms with Crippen LogP contribution in [0.1, 0.15) is 75.3 Å². The highest BCUT2D eigenvalue weighted by molar-refractivity contribution is 7.70. The van der Waals surface area contributed by atoms with Gasteiger partial charge in [-0.2, -0.15) is 4.98 Å². The standard InChI is InChI=1S/C50H64ClN8O6PS/c1-30-21-24-67-44(30)34-18-16-33(17-19-34)32(3)54-47(62)40-27-36(60)29-59(40)48(63)45(50(4,5)6)57-43(61)15-12-22-52-23-20-35-26-41(65-7)39(25-31(35)2)56-49-53-28-37(51)46(58-49)55-38-13-10-11-14-42(38)66(8,9)64/h10-11,13-14,16-19,21,24-26,28,32,36,40,45,52,60H,12,15,20,22-23,27,29H2,1-9H3,(H,54,62)(H,57,61)(H2,53,55,56,58)/t32-,36+,40-,45+/m0/s1. The zero-order valence-electron chi connectivity index (χ0n) is 39.8. The van der Waals surface area contributed by atoms with Crippen LogP contribution < -0.4 is 36.6 Å². The summed E-state index contributed by atoms with van der Waals surface area (Å²) in [5, 5.41) is 29.7. The third kappa shape index (κ3) is 13.2. The first kappa shape index (κ1) is 51.1. The van der Waals surface area contributed by atoms with E-state index in [0.717, 1.165) is 22.3 Å². The van der Waals surface area contributed by atoms with Gasteiger partial charge in [0.15, 0.2) is 5.82 Å². The van der Waals surface area contributed by atoms with Gasteiger partial charge in [-0.15, -0.1) is 11.3 Å². The van der Waals surface area contributed by atoms with Crippen molar-refractivity contribution in [3.63, 3.8) is 0 Å². The molecule has 0 aliphatic carbocycles. The number of nitrogens with one attached hydrogen (secondary N) is 5. The van der Waals surface area contributed by atoms with Crippen molar-refractivity contribution in [2.24, 2.45) is 5.41 Å². The zero-order valence-corrected chi connectivity index (χ0v) is 42.3. The maximum atomic E-state index is 14.2. The largest absolute Gasteiger partial charge is 0.495 e. The molecule has 3 aromatic carbocycles. The lowest BCUT2D eigenvalue weighted by atomic mass is 9.85. The van der Waals surface area contributed by atoms with E-state index in [2.05, 4.69) is 54.9 Å². The summed E-state index contributed by atoms with van der Waals surface area (Å²) in [5.74, 6) is 0.264. The minimum Gasteiger partial charge on any atom is -0.495 e. The fourth-order valence-electron chi connectivity index (χ4n) is 8.14. The van der Waals surface area contributed by atoms with Crippen molar-refractivity contribution in [3.05, 3.63) is 106 Å². The number of carbonyl (C=O) groups excluding carboxylic acids is 3. The van der Waals surface area contributed by atoms with Crippen LogP contribution in [0.3, 0.4) is 0 Å². The van der Waals surface area contributed by atoms with Crippen LogP contribution in [0.4, 0.5) is 23.1 Å². The lowest BCUT2D eigenvalue weighted by Crippen LogP contribution is -2.57. The highest BCUT2D eigenvalue weighted by atomic mass is 35.5. The molecular weight excluding hydrogens is 907 g/mol. The van der Waals surface area contributed by atoms with Crippen molar-refractivity contribution in [3.8, 4) is 16.2 Å². The fourth-order valence-corrected chi connectivity index (χ4v) is 10.4. The van der Waals surface area contributed by atoms with E-state index >= 15 is 0 Å². The Hall–Kier alpha value is -5.31. The number of anilines is 4. The van der Waals surface area contributed by atoms with Crippen molar-refractivity contribution in [2.75, 3.05) is 50.7 Å². The van der Waals surface area contributed by atoms with Gasteiger partial charge in [0, 0.05) is 29.6 Å². The van der Waals surface area contributed by atoms with Gasteiger partial charge < -0.3 is 45.9 Å². The predicted octanol–water partition coefficient (Wildman–Crippen LogP) is 8.50. The van der Waals surface area contributed by atoms with Crippen LogP contribution in [0.5, 0.6) is 5.75 Å². The minimum absolute atomic E-state index is 0.00694. The molecule has 358 valence electrons. The van der Waals surface area contributed by atoms with Gasteiger partial charge in [-0.3, -0.25) is 14.4 Å². The number of para-hydroxylation sites is 1. The molecule has 3 heterocycles. The fraction of sp³-hybridized carbons (Fsp3) is 0.420. The Balaban J connectivity index is 0.981. The summed E-state index contributed by atoms with van der Waals surface area (Å²) >= 11 is 8.16. The lowest BCUT2D eigenvalue weighted by Gasteiger charge is -2.35. The number of rotatable bonds is 19. The molecule has 0 bridgehead atoms. The van der Waals surface area contributed by atoms with Crippen molar-refractivity contribution < 1.29 is 28.8 Å². The summed E-state index contributed by atoms with van der Waals surface area (Å²) in [7, 11) is -0.981. The number of nitrogens with zero attached hydrogens (tertiary/aromatic N) is 3. The molecule has 0 spiro atoms. The van der Waals surface area contributed by atoms with Gasteiger partial charge in [0.2, 0.25) is 23.7 Å². The summed E-state index contributed by atoms with van der Waals surface area (Å²) in [6.45, 7) is 16.3. The smallest absolute Gasteiger partial charge is 0.246 e. The van der Waals surface area contributed by atoms with E-state index in [1.165, 1.54) is 21.5 Å². The quantitative estimate of drug-likeness (QED) is 0.0344. The van der Waals surface area contributed by atoms with Crippen LogP contribution in [0.25, 0.3) is 10.4 Å². The molecule has 6 rings (SSSR count). The molecule has 0 saturated carbocycles. The van der Waals surface area contributed by atoms with E-state index in [-0.39, 0.29) is 37.2 Å². The molecule has 1 aliphatic rings. The Kier molecular flexibility index (Phi) is 16.9. The maximum absolute atomic E-state index is 14.2. The number of ether oxygens (including phenoxy) is 1. The Morgan fingerprint density at radius 1 is 0.985 bits per heavy atom. The number of hydrogen-bond acceptors (Lipinski definition) is 12. The average Bonchev–Trinajstić information content (AvgIpc) is 3.90. The average molecular weight is 972 g/mol. The molecule has 0 unspecified atom stereocenters. The second kappa shape index (κ2) is 22.2. The van der Waals surface area contributed by atoms with Crippen LogP contribution in [-0.4, -0.2) is 96.0 Å². The molecule has 3 amide bonds. The van der Waals surface area contributed by atoms with Gasteiger partial charge in [-0.25, -0.2) is 4.98 Å². The second-order valence-corrected chi connectivity index (χ2v) is 23.1. The normalized spacial score (nSPS) is 16.0. The topological polar surface area (TPSA) is 187 Å². The molecular formula is C50H64ClN8O6PS. The Bertz CT molecular complexity index is 2600. The number of benzene rings is 3. The van der Waals surface area contributed by atoms with Crippen LogP contribution in [0, 0.1) is 19.3 Å². The molecule has 17 heteroatoms. The number of likely N-dealkylation sites (tertiary alicyclic amines) is 1. The summed E-state index contributed by atoms with van der Waals surface area (Å²) in [5.41, 5.74) is 6.03. The van der Waals surface area contributed by atoms with Crippen molar-refractivity contribution >= 4 is 76.2 Å². The van der Waals surface area contributed by atoms with Gasteiger partial charge in [0.25, 0.3) is 0 Å². The summed E-state index contributed by atoms with van der Waals surface area (Å²) < 4.78 is 18.7. The predicted molar refractivity (Wildman–Crippen MR) is 271 cm³/mol. The van der Waals surface area contributed by atoms with E-state index < -0.39 is 36.7 Å². The number of β-amino-alcohol motifs (C(OH)–C–C–N with tert-alkyl or cyclic N) is 1. The highest BCUT2D eigenvalue weighted by Crippen LogP contribution is 2.39. The third-order valence-corrected chi connectivity index (χ3v) is 14.8. The summed E-state index contributed by atoms with van der Waals surface area (Å²) in [6, 6.07) is 19.4. The Morgan fingerprint density at radius 3 is 2.39 bits per heavy atom. The summed E-state index contributed by atoms with van der Waals surface area (Å²) in [4.78, 5) is 52.8. The molecule has 6 N–H and O–H groups in total. The van der Waals surface area contributed by atoms with Crippen molar-refractivity contribution in [2.45, 2.75) is 91.5 Å². The second-order valence-electron chi connectivity index (χ2n) is 18.6. The first-order valence-electron chi connectivity index (χ1n) is 22.6. The number of methoxy groups -OCH3 is 1. The van der Waals surface area contributed by atoms with Crippen LogP contribution in [0.2, 0.25) is 5.02 Å². The number of aliphatic hydroxyl groups excluding tert-OH is 1. The monoisotopic (exact) mass is 970 g/mol. The number of aromatic nitrogens is 2. The Morgan fingerprint density at radius 2 is 1.72 bits per heavy atom. The first-order chi connectivity index (χ1) is 31.7. The van der Waals surface area contributed by atoms with Crippen molar-refractivity contribution in [1.82, 2.24) is 30.8 Å². The zero-order chi connectivity index (χ0) is 48.6. The molecule has 14 nitrogen and oxygen atoms in total. The molecule has 5 aromatic rings. The third-order valence-electron chi connectivity index (χ3n) is 11.9. The molecule has 1 aliphatic heterocycles. The molecule has 1 fully saturated rings. The van der Waals surface area contributed by atoms with E-state index in [1.54, 1.807) is 31.8 Å². The van der Waals surface area contributed by atoms with E-state index in [4.69, 9.17) is 16.3 Å². The van der Waals surface area contributed by atoms with Gasteiger partial charge in [-0.05, 0) is 129 Å². The minimum atomic E-state index is -2.58. The molecule has 0 radical (unpaired) electrons. The number of aliphatic hydroxyl groups is 1. The van der Waals surface area contributed by atoms with Crippen LogP contribution in [0.15, 0.2) is 78.3 Å². The summed E-state index contributed by atoms with van der Waals surface area (Å²) in [6.07, 6.45) is 2.20. The lowest BCUT2D eigenvalue weighted by molar-refractivity contribution is -0.144. The maximum Gasteiger partial charge on any atom is 0.246 e. The van der Waals surface area contributed by atoms with Gasteiger partial charge in [0.1, 0.15) is 30.0 Å². The number of carbonyl (C=O) groups is 3. The van der Waals surface area contributed by atoms with E-state index in [1.807, 2.05) is 95.3 Å². The van der Waals surface area contributed by atoms with Crippen LogP contribution >= 0.6 is 30.1 Å². The number of hydrogen-bond donors (Lipinski definition) is 6. The SMILES string of the molecule is COc1cc(CCNCCCC(=O)N[C@H](C(=O)N2C[C@H](O)C[C@H]2C(=O)N[C@@H](C)c2ccc(-c3sccc3C)cc2)C(C)(C)C)c(C)cc1Nc1ncc(Cl)c(Nc2ccccc2P(C)(C)=O)n1. The van der Waals surface area contributed by atoms with E-state index in [0.29, 0.717) is 65.1 Å². The van der Waals surface area contributed by atoms with Crippen LogP contribution in [-0.2, 0) is 25.4 Å². The van der Waals surface area contributed by atoms with Gasteiger partial charge >= 0.3 is 0 Å². The Labute approximate surface area is 403 Å². The highest BCUT2D eigenvalue weighted by Gasteiger charge is 2.44. The molecule has 4 atom stereocenters. The van der Waals surface area contributed by atoms with Gasteiger partial charge in [0.05, 0.1) is 36.8 Å². The number of thiophene rings is 1. The number of halogens is 1. The van der Waals surface area contributed by atoms with Gasteiger partial charge in [-0.1, -0.05) is 68.8 Å². The molecule has 2 aromatic heterocycles.